The Bertz CT molecular complexity index is 726. The van der Waals surface area contributed by atoms with E-state index in [1.54, 1.807) is 26.2 Å². The van der Waals surface area contributed by atoms with Crippen LogP contribution in [-0.4, -0.2) is 17.8 Å². The largest absolute Gasteiger partial charge is 0.496 e. The molecule has 19 heavy (non-hydrogen) atoms. The molecule has 0 atom stereocenters. The summed E-state index contributed by atoms with van der Waals surface area (Å²) >= 11 is 0. The van der Waals surface area contributed by atoms with Crippen LogP contribution in [0.25, 0.3) is 16.5 Å². The summed E-state index contributed by atoms with van der Waals surface area (Å²) in [6, 6.07) is 6.98. The number of hydrogen-bond donors (Lipinski definition) is 2. The van der Waals surface area contributed by atoms with Gasteiger partial charge in [-0.3, -0.25) is 4.79 Å². The summed E-state index contributed by atoms with van der Waals surface area (Å²) in [5.41, 5.74) is 2.74. The first-order valence-corrected chi connectivity index (χ1v) is 6.00. The molecule has 1 aromatic heterocycles. The van der Waals surface area contributed by atoms with Gasteiger partial charge in [-0.1, -0.05) is 6.08 Å². The number of aromatic amines is 1. The Morgan fingerprint density at radius 2 is 2.11 bits per heavy atom. The van der Waals surface area contributed by atoms with Crippen LogP contribution in [0.5, 0.6) is 5.75 Å². The molecule has 1 aromatic carbocycles. The van der Waals surface area contributed by atoms with Gasteiger partial charge in [-0.2, -0.15) is 0 Å². The molecule has 1 heterocycles. The van der Waals surface area contributed by atoms with Gasteiger partial charge in [0.15, 0.2) is 0 Å². The summed E-state index contributed by atoms with van der Waals surface area (Å²) in [6.45, 7) is 3.63. The van der Waals surface area contributed by atoms with Crippen LogP contribution in [-0.2, 0) is 0 Å². The van der Waals surface area contributed by atoms with E-state index in [1.165, 1.54) is 6.07 Å². The Labute approximate surface area is 111 Å². The Morgan fingerprint density at radius 1 is 1.37 bits per heavy atom. The maximum Gasteiger partial charge on any atom is 0.248 e. The van der Waals surface area contributed by atoms with E-state index in [9.17, 15) is 4.79 Å². The minimum atomic E-state index is -0.142. The van der Waals surface area contributed by atoms with E-state index in [-0.39, 0.29) is 5.56 Å². The fraction of sp³-hybridized carbons (Fsp3) is 0.200. The van der Waals surface area contributed by atoms with E-state index >= 15 is 0 Å². The lowest BCUT2D eigenvalue weighted by atomic mass is 9.98. The molecule has 0 saturated carbocycles. The quantitative estimate of drug-likeness (QED) is 0.829. The van der Waals surface area contributed by atoms with Crippen molar-refractivity contribution in [2.24, 2.45) is 0 Å². The lowest BCUT2D eigenvalue weighted by Crippen LogP contribution is -2.04. The topological polar surface area (TPSA) is 65.9 Å². The minimum absolute atomic E-state index is 0.142. The standard InChI is InChI=1S/C15H16N2O2/c1-4-11(9(2)16)12-7-10-5-6-15(18)17-13(10)8-14(12)19-3/h4-8,16H,1-3H3,(H,17,18). The number of H-pyrrole nitrogens is 1. The Balaban J connectivity index is 2.77. The second-order valence-corrected chi connectivity index (χ2v) is 4.29. The molecule has 0 radical (unpaired) electrons. The third-order valence-corrected chi connectivity index (χ3v) is 3.03. The number of pyridine rings is 1. The lowest BCUT2D eigenvalue weighted by molar-refractivity contribution is 0.414. The van der Waals surface area contributed by atoms with Crippen molar-refractivity contribution in [1.82, 2.24) is 4.98 Å². The first-order valence-electron chi connectivity index (χ1n) is 6.00. The second-order valence-electron chi connectivity index (χ2n) is 4.29. The van der Waals surface area contributed by atoms with Crippen molar-refractivity contribution in [2.75, 3.05) is 7.11 Å². The average molecular weight is 256 g/mol. The Kier molecular flexibility index (Phi) is 3.51. The second kappa shape index (κ2) is 5.10. The lowest BCUT2D eigenvalue weighted by Gasteiger charge is -2.12. The van der Waals surface area contributed by atoms with Crippen LogP contribution in [0.15, 0.2) is 35.1 Å². The van der Waals surface area contributed by atoms with Crippen LogP contribution in [0.4, 0.5) is 0 Å². The maximum absolute atomic E-state index is 11.3. The number of nitrogens with one attached hydrogen (secondary N) is 2. The van der Waals surface area contributed by atoms with Gasteiger partial charge >= 0.3 is 0 Å². The molecular formula is C15H16N2O2. The van der Waals surface area contributed by atoms with Crippen molar-refractivity contribution in [1.29, 1.82) is 5.41 Å². The van der Waals surface area contributed by atoms with Crippen LogP contribution in [0.3, 0.4) is 0 Å². The van der Waals surface area contributed by atoms with Gasteiger partial charge < -0.3 is 15.1 Å². The van der Waals surface area contributed by atoms with Gasteiger partial charge in [-0.05, 0) is 31.4 Å². The van der Waals surface area contributed by atoms with Gasteiger partial charge in [0.1, 0.15) is 5.75 Å². The van der Waals surface area contributed by atoms with E-state index in [0.29, 0.717) is 11.5 Å². The van der Waals surface area contributed by atoms with Crippen LogP contribution >= 0.6 is 0 Å². The van der Waals surface area contributed by atoms with Crippen molar-refractivity contribution < 1.29 is 4.74 Å². The van der Waals surface area contributed by atoms with Crippen LogP contribution in [0.1, 0.15) is 19.4 Å². The summed E-state index contributed by atoms with van der Waals surface area (Å²) in [7, 11) is 1.58. The highest BCUT2D eigenvalue weighted by Crippen LogP contribution is 2.30. The SMILES string of the molecule is CC=C(C(C)=N)c1cc2ccc(=O)[nH]c2cc1OC. The zero-order chi connectivity index (χ0) is 14.0. The predicted molar refractivity (Wildman–Crippen MR) is 78.2 cm³/mol. The van der Waals surface area contributed by atoms with Crippen molar-refractivity contribution >= 4 is 22.2 Å². The van der Waals surface area contributed by atoms with Crippen molar-refractivity contribution in [2.45, 2.75) is 13.8 Å². The van der Waals surface area contributed by atoms with Gasteiger partial charge in [0, 0.05) is 29.0 Å². The first-order chi connectivity index (χ1) is 9.06. The van der Waals surface area contributed by atoms with Crippen LogP contribution in [0.2, 0.25) is 0 Å². The highest BCUT2D eigenvalue weighted by atomic mass is 16.5. The zero-order valence-electron chi connectivity index (χ0n) is 11.2. The summed E-state index contributed by atoms with van der Waals surface area (Å²) in [4.78, 5) is 14.1. The number of aromatic nitrogens is 1. The van der Waals surface area contributed by atoms with Crippen LogP contribution < -0.4 is 10.3 Å². The fourth-order valence-electron chi connectivity index (χ4n) is 2.14. The van der Waals surface area contributed by atoms with E-state index in [2.05, 4.69) is 4.98 Å². The van der Waals surface area contributed by atoms with E-state index in [1.807, 2.05) is 19.1 Å². The molecule has 98 valence electrons. The van der Waals surface area contributed by atoms with Gasteiger partial charge in [0.05, 0.1) is 12.6 Å². The maximum atomic E-state index is 11.3. The molecular weight excluding hydrogens is 240 g/mol. The van der Waals surface area contributed by atoms with Gasteiger partial charge in [-0.15, -0.1) is 0 Å². The summed E-state index contributed by atoms with van der Waals surface area (Å²) < 4.78 is 5.37. The molecule has 0 bridgehead atoms. The molecule has 0 aliphatic heterocycles. The van der Waals surface area contributed by atoms with E-state index in [0.717, 1.165) is 22.0 Å². The molecule has 0 saturated heterocycles. The number of fused-ring (bicyclic) bond motifs is 1. The molecule has 0 amide bonds. The highest BCUT2D eigenvalue weighted by Gasteiger charge is 2.11. The number of allylic oxidation sites excluding steroid dienone is 2. The molecule has 2 aromatic rings. The number of rotatable bonds is 3. The predicted octanol–water partition coefficient (Wildman–Crippen LogP) is 2.98. The molecule has 0 unspecified atom stereocenters. The number of methoxy groups -OCH3 is 1. The monoisotopic (exact) mass is 256 g/mol. The van der Waals surface area contributed by atoms with Crippen molar-refractivity contribution in [3.63, 3.8) is 0 Å². The van der Waals surface area contributed by atoms with Gasteiger partial charge in [-0.25, -0.2) is 0 Å². The Morgan fingerprint density at radius 3 is 2.68 bits per heavy atom. The molecule has 0 fully saturated rings. The number of hydrogen-bond acceptors (Lipinski definition) is 3. The minimum Gasteiger partial charge on any atom is -0.496 e. The van der Waals surface area contributed by atoms with Gasteiger partial charge in [0.25, 0.3) is 0 Å². The zero-order valence-corrected chi connectivity index (χ0v) is 11.2. The molecule has 0 aliphatic carbocycles. The summed E-state index contributed by atoms with van der Waals surface area (Å²) in [5, 5.41) is 8.73. The van der Waals surface area contributed by atoms with E-state index < -0.39 is 0 Å². The fourth-order valence-corrected chi connectivity index (χ4v) is 2.14. The third kappa shape index (κ3) is 2.42. The molecule has 4 nitrogen and oxygen atoms in total. The number of ether oxygens (including phenoxy) is 1. The Hall–Kier alpha value is -2.36. The average Bonchev–Trinajstić information content (AvgIpc) is 2.38. The highest BCUT2D eigenvalue weighted by molar-refractivity contribution is 6.22. The third-order valence-electron chi connectivity index (χ3n) is 3.03. The molecule has 0 spiro atoms. The normalized spacial score (nSPS) is 11.6. The van der Waals surface area contributed by atoms with Crippen molar-refractivity contribution in [3.05, 3.63) is 46.3 Å². The molecule has 0 aliphatic rings. The first kappa shape index (κ1) is 13.1. The smallest absolute Gasteiger partial charge is 0.248 e. The molecule has 4 heteroatoms. The number of benzene rings is 1. The molecule has 2 rings (SSSR count). The molecule has 2 N–H and O–H groups in total. The van der Waals surface area contributed by atoms with Crippen LogP contribution in [0, 0.1) is 5.41 Å². The van der Waals surface area contributed by atoms with E-state index in [4.69, 9.17) is 10.1 Å². The van der Waals surface area contributed by atoms with Gasteiger partial charge in [0.2, 0.25) is 5.56 Å². The summed E-state index contributed by atoms with van der Waals surface area (Å²) in [5.74, 6) is 0.647. The van der Waals surface area contributed by atoms with Crippen molar-refractivity contribution in [3.8, 4) is 5.75 Å². The summed E-state index contributed by atoms with van der Waals surface area (Å²) in [6.07, 6.45) is 1.89.